The van der Waals surface area contributed by atoms with E-state index in [1.54, 1.807) is 0 Å². The molecule has 1 N–H and O–H groups in total. The number of nitrogens with zero attached hydrogens (tertiary/aromatic N) is 1. The van der Waals surface area contributed by atoms with Gasteiger partial charge < -0.3 is 9.84 Å². The van der Waals surface area contributed by atoms with Crippen LogP contribution in [0.4, 0.5) is 0 Å². The van der Waals surface area contributed by atoms with Crippen LogP contribution in [0.25, 0.3) is 0 Å². The highest BCUT2D eigenvalue weighted by molar-refractivity contribution is 6.21. The quantitative estimate of drug-likeness (QED) is 0.781. The molecule has 0 amide bonds. The van der Waals surface area contributed by atoms with Crippen molar-refractivity contribution in [2.24, 2.45) is 0 Å². The number of piperidine rings is 1. The molecule has 2 atom stereocenters. The van der Waals surface area contributed by atoms with Crippen LogP contribution in [-0.4, -0.2) is 42.4 Å². The van der Waals surface area contributed by atoms with E-state index in [9.17, 15) is 5.11 Å². The average Bonchev–Trinajstić information content (AvgIpc) is 2.50. The monoisotopic (exact) mass is 311 g/mol. The van der Waals surface area contributed by atoms with Crippen LogP contribution >= 0.6 is 11.6 Å². The van der Waals surface area contributed by atoms with Gasteiger partial charge in [0.05, 0.1) is 12.0 Å². The fraction of sp³-hybridized carbons (Fsp3) is 0.647. The van der Waals surface area contributed by atoms with E-state index in [0.717, 1.165) is 37.2 Å². The molecule has 118 valence electrons. The van der Waals surface area contributed by atoms with Gasteiger partial charge in [0.25, 0.3) is 0 Å². The second-order valence-corrected chi connectivity index (χ2v) is 6.12. The molecule has 1 heterocycles. The smallest absolute Gasteiger partial charge is 0.124 e. The van der Waals surface area contributed by atoms with Crippen LogP contribution in [0.15, 0.2) is 24.3 Å². The van der Waals surface area contributed by atoms with E-state index >= 15 is 0 Å². The Morgan fingerprint density at radius 3 is 2.95 bits per heavy atom. The Hall–Kier alpha value is -0.770. The third-order valence-electron chi connectivity index (χ3n) is 4.16. The van der Waals surface area contributed by atoms with Crippen LogP contribution in [0.5, 0.6) is 5.75 Å². The molecule has 3 nitrogen and oxygen atoms in total. The van der Waals surface area contributed by atoms with Gasteiger partial charge >= 0.3 is 0 Å². The molecule has 0 bridgehead atoms. The molecule has 2 unspecified atom stereocenters. The zero-order valence-corrected chi connectivity index (χ0v) is 13.6. The molecule has 0 aromatic heterocycles. The number of ether oxygens (including phenoxy) is 1. The van der Waals surface area contributed by atoms with Crippen molar-refractivity contribution < 1.29 is 9.84 Å². The summed E-state index contributed by atoms with van der Waals surface area (Å²) in [6.07, 6.45) is 4.48. The number of halogens is 1. The third kappa shape index (κ3) is 4.60. The molecular formula is C17H26ClNO2. The lowest BCUT2D eigenvalue weighted by atomic mass is 9.98. The first-order valence-corrected chi connectivity index (χ1v) is 8.40. The number of likely N-dealkylation sites (tertiary alicyclic amines) is 1. The first-order chi connectivity index (χ1) is 10.3. The van der Waals surface area contributed by atoms with Crippen molar-refractivity contribution in [1.82, 2.24) is 4.90 Å². The predicted octanol–water partition coefficient (Wildman–Crippen LogP) is 3.60. The van der Waals surface area contributed by atoms with Crippen molar-refractivity contribution in [2.75, 3.05) is 26.3 Å². The molecule has 0 spiro atoms. The SMILES string of the molecule is CCOc1ccccc1C(Cl)CN1CCCCC1CCO. The number of alkyl halides is 1. The van der Waals surface area contributed by atoms with Gasteiger partial charge in [-0.25, -0.2) is 0 Å². The van der Waals surface area contributed by atoms with Crippen LogP contribution in [0.3, 0.4) is 0 Å². The maximum absolute atomic E-state index is 9.22. The van der Waals surface area contributed by atoms with Gasteiger partial charge in [-0.2, -0.15) is 0 Å². The molecular weight excluding hydrogens is 286 g/mol. The summed E-state index contributed by atoms with van der Waals surface area (Å²) in [6, 6.07) is 8.48. The van der Waals surface area contributed by atoms with Crippen LogP contribution in [-0.2, 0) is 0 Å². The summed E-state index contributed by atoms with van der Waals surface area (Å²) in [5, 5.41) is 9.15. The molecule has 1 aliphatic rings. The van der Waals surface area contributed by atoms with Crippen molar-refractivity contribution in [2.45, 2.75) is 44.0 Å². The van der Waals surface area contributed by atoms with Crippen molar-refractivity contribution in [3.05, 3.63) is 29.8 Å². The molecule has 0 radical (unpaired) electrons. The Bertz CT molecular complexity index is 425. The van der Waals surface area contributed by atoms with E-state index in [1.807, 2.05) is 31.2 Å². The minimum absolute atomic E-state index is 0.0768. The second kappa shape index (κ2) is 8.62. The Morgan fingerprint density at radius 1 is 1.38 bits per heavy atom. The summed E-state index contributed by atoms with van der Waals surface area (Å²) >= 11 is 6.66. The highest BCUT2D eigenvalue weighted by atomic mass is 35.5. The predicted molar refractivity (Wildman–Crippen MR) is 87.1 cm³/mol. The topological polar surface area (TPSA) is 32.7 Å². The van der Waals surface area contributed by atoms with Gasteiger partial charge in [-0.1, -0.05) is 24.6 Å². The standard InChI is InChI=1S/C17H26ClNO2/c1-2-21-17-9-4-3-8-15(17)16(18)13-19-11-6-5-7-14(19)10-12-20/h3-4,8-9,14,16,20H,2,5-7,10-13H2,1H3. The van der Waals surface area contributed by atoms with E-state index in [-0.39, 0.29) is 12.0 Å². The number of aliphatic hydroxyl groups excluding tert-OH is 1. The maximum Gasteiger partial charge on any atom is 0.124 e. The summed E-state index contributed by atoms with van der Waals surface area (Å²) in [6.45, 7) is 4.78. The van der Waals surface area contributed by atoms with Crippen LogP contribution in [0, 0.1) is 0 Å². The van der Waals surface area contributed by atoms with Gasteiger partial charge in [-0.05, 0) is 38.8 Å². The summed E-state index contributed by atoms with van der Waals surface area (Å²) in [7, 11) is 0. The first-order valence-electron chi connectivity index (χ1n) is 7.97. The van der Waals surface area contributed by atoms with Gasteiger partial charge in [-0.3, -0.25) is 4.90 Å². The average molecular weight is 312 g/mol. The molecule has 4 heteroatoms. The van der Waals surface area contributed by atoms with Crippen molar-refractivity contribution in [1.29, 1.82) is 0 Å². The van der Waals surface area contributed by atoms with Crippen LogP contribution < -0.4 is 4.74 Å². The number of aliphatic hydroxyl groups is 1. The summed E-state index contributed by atoms with van der Waals surface area (Å²) in [5.41, 5.74) is 1.06. The van der Waals surface area contributed by atoms with Crippen molar-refractivity contribution in [3.8, 4) is 5.75 Å². The number of para-hydroxylation sites is 1. The van der Waals surface area contributed by atoms with E-state index in [4.69, 9.17) is 16.3 Å². The van der Waals surface area contributed by atoms with Crippen molar-refractivity contribution in [3.63, 3.8) is 0 Å². The van der Waals surface area contributed by atoms with Gasteiger partial charge in [0, 0.05) is 24.8 Å². The van der Waals surface area contributed by atoms with E-state index in [1.165, 1.54) is 12.8 Å². The summed E-state index contributed by atoms with van der Waals surface area (Å²) < 4.78 is 5.68. The Balaban J connectivity index is 2.04. The molecule has 1 aliphatic heterocycles. The molecule has 2 rings (SSSR count). The fourth-order valence-electron chi connectivity index (χ4n) is 3.11. The zero-order chi connectivity index (χ0) is 15.1. The molecule has 21 heavy (non-hydrogen) atoms. The lowest BCUT2D eigenvalue weighted by Crippen LogP contribution is -2.41. The number of rotatable bonds is 7. The molecule has 1 aromatic rings. The number of benzene rings is 1. The Kier molecular flexibility index (Phi) is 6.81. The highest BCUT2D eigenvalue weighted by Gasteiger charge is 2.25. The van der Waals surface area contributed by atoms with Gasteiger partial charge in [0.1, 0.15) is 5.75 Å². The second-order valence-electron chi connectivity index (χ2n) is 5.60. The maximum atomic E-state index is 9.22. The van der Waals surface area contributed by atoms with E-state index in [0.29, 0.717) is 12.6 Å². The molecule has 0 aliphatic carbocycles. The minimum Gasteiger partial charge on any atom is -0.494 e. The fourth-order valence-corrected chi connectivity index (χ4v) is 3.46. The number of hydrogen-bond donors (Lipinski definition) is 1. The Morgan fingerprint density at radius 2 is 2.19 bits per heavy atom. The minimum atomic E-state index is -0.0768. The molecule has 1 saturated heterocycles. The van der Waals surface area contributed by atoms with Crippen LogP contribution in [0.1, 0.15) is 43.5 Å². The largest absolute Gasteiger partial charge is 0.494 e. The first kappa shape index (κ1) is 16.6. The number of hydrogen-bond acceptors (Lipinski definition) is 3. The molecule has 0 saturated carbocycles. The van der Waals surface area contributed by atoms with Crippen LogP contribution in [0.2, 0.25) is 0 Å². The molecule has 1 aromatic carbocycles. The van der Waals surface area contributed by atoms with E-state index in [2.05, 4.69) is 4.90 Å². The normalized spacial score (nSPS) is 21.2. The highest BCUT2D eigenvalue weighted by Crippen LogP contribution is 2.32. The van der Waals surface area contributed by atoms with Gasteiger partial charge in [0.2, 0.25) is 0 Å². The summed E-state index contributed by atoms with van der Waals surface area (Å²) in [5.74, 6) is 0.885. The Labute approximate surface area is 132 Å². The molecule has 1 fully saturated rings. The lowest BCUT2D eigenvalue weighted by molar-refractivity contribution is 0.119. The van der Waals surface area contributed by atoms with Gasteiger partial charge in [0.15, 0.2) is 0 Å². The zero-order valence-electron chi connectivity index (χ0n) is 12.8. The van der Waals surface area contributed by atoms with Gasteiger partial charge in [-0.15, -0.1) is 11.6 Å². The van der Waals surface area contributed by atoms with E-state index < -0.39 is 0 Å². The summed E-state index contributed by atoms with van der Waals surface area (Å²) in [4.78, 5) is 2.43. The van der Waals surface area contributed by atoms with Crippen molar-refractivity contribution >= 4 is 11.6 Å². The lowest BCUT2D eigenvalue weighted by Gasteiger charge is -2.36. The third-order valence-corrected chi connectivity index (χ3v) is 4.54.